The molecule has 8 heteroatoms. The molecule has 0 aliphatic carbocycles. The van der Waals surface area contributed by atoms with Crippen LogP contribution in [0.1, 0.15) is 17.2 Å². The van der Waals surface area contributed by atoms with Crippen LogP contribution in [0.4, 0.5) is 0 Å². The van der Waals surface area contributed by atoms with Gasteiger partial charge in [0.2, 0.25) is 5.91 Å². The van der Waals surface area contributed by atoms with E-state index in [1.165, 1.54) is 22.5 Å². The molecular formula is C23H23N5O3. The first-order valence-corrected chi connectivity index (χ1v) is 9.86. The zero-order valence-corrected chi connectivity index (χ0v) is 17.6. The van der Waals surface area contributed by atoms with Gasteiger partial charge >= 0.3 is 5.69 Å². The Kier molecular flexibility index (Phi) is 5.29. The number of aromatic nitrogens is 4. The van der Waals surface area contributed by atoms with E-state index in [4.69, 9.17) is 0 Å². The van der Waals surface area contributed by atoms with E-state index in [1.54, 1.807) is 19.0 Å². The fourth-order valence-electron chi connectivity index (χ4n) is 3.83. The van der Waals surface area contributed by atoms with Gasteiger partial charge in [0.25, 0.3) is 5.56 Å². The highest BCUT2D eigenvalue weighted by molar-refractivity contribution is 5.79. The SMILES string of the molecule is CN(C(=O)Cn1cnc2c1c(=O)n(C)c(=O)n2C)C(c1ccccc1)c1ccccc1. The van der Waals surface area contributed by atoms with Crippen LogP contribution in [0.2, 0.25) is 0 Å². The molecule has 0 saturated heterocycles. The maximum Gasteiger partial charge on any atom is 0.332 e. The van der Waals surface area contributed by atoms with Crippen molar-refractivity contribution in [3.8, 4) is 0 Å². The maximum atomic E-state index is 13.3. The molecule has 0 bridgehead atoms. The maximum absolute atomic E-state index is 13.3. The summed E-state index contributed by atoms with van der Waals surface area (Å²) in [5.41, 5.74) is 1.51. The minimum atomic E-state index is -0.478. The Morgan fingerprint density at radius 1 is 0.935 bits per heavy atom. The summed E-state index contributed by atoms with van der Waals surface area (Å²) < 4.78 is 3.83. The van der Waals surface area contributed by atoms with Crippen molar-refractivity contribution in [2.45, 2.75) is 12.6 Å². The lowest BCUT2D eigenvalue weighted by Gasteiger charge is -2.29. The van der Waals surface area contributed by atoms with Crippen LogP contribution in [0.25, 0.3) is 11.2 Å². The van der Waals surface area contributed by atoms with E-state index in [0.29, 0.717) is 0 Å². The zero-order chi connectivity index (χ0) is 22.1. The van der Waals surface area contributed by atoms with Crippen LogP contribution < -0.4 is 11.2 Å². The van der Waals surface area contributed by atoms with Gasteiger partial charge in [-0.25, -0.2) is 9.78 Å². The molecule has 4 rings (SSSR count). The van der Waals surface area contributed by atoms with Crippen LogP contribution >= 0.6 is 0 Å². The van der Waals surface area contributed by atoms with Crippen LogP contribution in [-0.2, 0) is 25.4 Å². The van der Waals surface area contributed by atoms with Crippen LogP contribution in [0.15, 0.2) is 76.6 Å². The van der Waals surface area contributed by atoms with E-state index >= 15 is 0 Å². The Hall–Kier alpha value is -3.94. The lowest BCUT2D eigenvalue weighted by Crippen LogP contribution is -2.38. The summed E-state index contributed by atoms with van der Waals surface area (Å²) >= 11 is 0. The van der Waals surface area contributed by atoms with E-state index in [2.05, 4.69) is 4.98 Å². The van der Waals surface area contributed by atoms with Gasteiger partial charge in [0.1, 0.15) is 6.54 Å². The van der Waals surface area contributed by atoms with E-state index < -0.39 is 11.2 Å². The first kappa shape index (κ1) is 20.3. The molecule has 31 heavy (non-hydrogen) atoms. The van der Waals surface area contributed by atoms with Gasteiger partial charge in [-0.2, -0.15) is 0 Å². The number of benzene rings is 2. The summed E-state index contributed by atoms with van der Waals surface area (Å²) in [4.78, 5) is 44.0. The van der Waals surface area contributed by atoms with Gasteiger partial charge in [-0.15, -0.1) is 0 Å². The van der Waals surface area contributed by atoms with Gasteiger partial charge in [0.15, 0.2) is 11.2 Å². The third-order valence-corrected chi connectivity index (χ3v) is 5.53. The van der Waals surface area contributed by atoms with Crippen molar-refractivity contribution in [3.63, 3.8) is 0 Å². The van der Waals surface area contributed by atoms with Crippen molar-refractivity contribution in [2.75, 3.05) is 7.05 Å². The number of likely N-dealkylation sites (N-methyl/N-ethyl adjacent to an activating group) is 1. The van der Waals surface area contributed by atoms with Crippen LogP contribution in [0, 0.1) is 0 Å². The number of aryl methyl sites for hydroxylation is 1. The number of imidazole rings is 1. The summed E-state index contributed by atoms with van der Waals surface area (Å²) in [5.74, 6) is -0.187. The monoisotopic (exact) mass is 417 g/mol. The Bertz CT molecular complexity index is 1310. The quantitative estimate of drug-likeness (QED) is 0.495. The molecule has 0 fully saturated rings. The molecular weight excluding hydrogens is 394 g/mol. The largest absolute Gasteiger partial charge is 0.333 e. The molecule has 4 aromatic rings. The second-order valence-corrected chi connectivity index (χ2v) is 7.48. The van der Waals surface area contributed by atoms with Gasteiger partial charge < -0.3 is 9.47 Å². The molecule has 8 nitrogen and oxygen atoms in total. The Balaban J connectivity index is 1.72. The van der Waals surface area contributed by atoms with Crippen LogP contribution in [0.5, 0.6) is 0 Å². The van der Waals surface area contributed by atoms with Gasteiger partial charge in [0, 0.05) is 21.1 Å². The second kappa shape index (κ2) is 8.06. The molecule has 0 radical (unpaired) electrons. The van der Waals surface area contributed by atoms with Crippen molar-refractivity contribution in [1.29, 1.82) is 0 Å². The predicted molar refractivity (Wildman–Crippen MR) is 118 cm³/mol. The third-order valence-electron chi connectivity index (χ3n) is 5.53. The Labute approximate surface area is 178 Å². The average molecular weight is 417 g/mol. The highest BCUT2D eigenvalue weighted by Crippen LogP contribution is 2.27. The third kappa shape index (κ3) is 3.56. The smallest absolute Gasteiger partial charge is 0.332 e. The number of amides is 1. The highest BCUT2D eigenvalue weighted by atomic mass is 16.2. The minimum absolute atomic E-state index is 0.0728. The number of rotatable bonds is 5. The van der Waals surface area contributed by atoms with E-state index in [1.807, 2.05) is 60.7 Å². The lowest BCUT2D eigenvalue weighted by molar-refractivity contribution is -0.132. The summed E-state index contributed by atoms with van der Waals surface area (Å²) in [5, 5.41) is 0. The van der Waals surface area contributed by atoms with Crippen LogP contribution in [-0.4, -0.2) is 36.5 Å². The normalized spacial score (nSPS) is 11.2. The van der Waals surface area contributed by atoms with Crippen molar-refractivity contribution in [2.24, 2.45) is 14.1 Å². The van der Waals surface area contributed by atoms with Crippen molar-refractivity contribution in [1.82, 2.24) is 23.6 Å². The fraction of sp³-hybridized carbons (Fsp3) is 0.217. The van der Waals surface area contributed by atoms with E-state index in [-0.39, 0.29) is 29.7 Å². The van der Waals surface area contributed by atoms with Crippen molar-refractivity contribution >= 4 is 17.1 Å². The molecule has 0 unspecified atom stereocenters. The van der Waals surface area contributed by atoms with Gasteiger partial charge in [-0.3, -0.25) is 18.7 Å². The summed E-state index contributed by atoms with van der Waals surface area (Å²) in [6.07, 6.45) is 1.43. The predicted octanol–water partition coefficient (Wildman–Crippen LogP) is 1.68. The van der Waals surface area contributed by atoms with E-state index in [0.717, 1.165) is 15.7 Å². The summed E-state index contributed by atoms with van der Waals surface area (Å²) in [7, 11) is 4.71. The zero-order valence-electron chi connectivity index (χ0n) is 17.6. The molecule has 2 aromatic carbocycles. The first-order valence-electron chi connectivity index (χ1n) is 9.86. The standard InChI is InChI=1S/C23H23N5O3/c1-25(19(16-10-6-4-7-11-16)17-12-8-5-9-13-17)18(29)14-28-15-24-21-20(28)22(30)27(3)23(31)26(21)2/h4-13,15,19H,14H2,1-3H3. The Morgan fingerprint density at radius 2 is 1.48 bits per heavy atom. The summed E-state index contributed by atoms with van der Waals surface area (Å²) in [6, 6.07) is 19.3. The number of carbonyl (C=O) groups excluding carboxylic acids is 1. The van der Waals surface area contributed by atoms with Gasteiger partial charge in [-0.05, 0) is 11.1 Å². The molecule has 0 N–H and O–H groups in total. The molecule has 2 aromatic heterocycles. The number of carbonyl (C=O) groups is 1. The van der Waals surface area contributed by atoms with Crippen molar-refractivity contribution in [3.05, 3.63) is 99.0 Å². The second-order valence-electron chi connectivity index (χ2n) is 7.48. The Morgan fingerprint density at radius 3 is 2.03 bits per heavy atom. The molecule has 158 valence electrons. The van der Waals surface area contributed by atoms with Crippen molar-refractivity contribution < 1.29 is 4.79 Å². The average Bonchev–Trinajstić information content (AvgIpc) is 3.21. The topological polar surface area (TPSA) is 82.1 Å². The molecule has 0 aliphatic rings. The highest BCUT2D eigenvalue weighted by Gasteiger charge is 2.24. The fourth-order valence-corrected chi connectivity index (χ4v) is 3.83. The molecule has 2 heterocycles. The van der Waals surface area contributed by atoms with Gasteiger partial charge in [-0.1, -0.05) is 60.7 Å². The number of hydrogen-bond acceptors (Lipinski definition) is 4. The lowest BCUT2D eigenvalue weighted by atomic mass is 9.97. The molecule has 0 saturated carbocycles. The first-order chi connectivity index (χ1) is 14.9. The molecule has 0 spiro atoms. The minimum Gasteiger partial charge on any atom is -0.333 e. The number of fused-ring (bicyclic) bond motifs is 1. The van der Waals surface area contributed by atoms with Crippen LogP contribution in [0.3, 0.4) is 0 Å². The van der Waals surface area contributed by atoms with E-state index in [9.17, 15) is 14.4 Å². The number of hydrogen-bond donors (Lipinski definition) is 0. The number of nitrogens with zero attached hydrogens (tertiary/aromatic N) is 5. The molecule has 0 aliphatic heterocycles. The molecule has 1 amide bonds. The van der Waals surface area contributed by atoms with Gasteiger partial charge in [0.05, 0.1) is 12.4 Å². The summed E-state index contributed by atoms with van der Waals surface area (Å²) in [6.45, 7) is -0.0728. The molecule has 0 atom stereocenters.